The SMILES string of the molecule is COC(=O)Cc1c(OC)nc2sc3c(c2c1-c1ccc(C)cc1)CCCC3. The summed E-state index contributed by atoms with van der Waals surface area (Å²) in [6, 6.07) is 8.46. The highest BCUT2D eigenvalue weighted by Gasteiger charge is 2.26. The lowest BCUT2D eigenvalue weighted by Gasteiger charge is -2.17. The summed E-state index contributed by atoms with van der Waals surface area (Å²) in [6.07, 6.45) is 4.75. The summed E-state index contributed by atoms with van der Waals surface area (Å²) in [5, 5.41) is 1.19. The first-order valence-corrected chi connectivity index (χ1v) is 10.1. The van der Waals surface area contributed by atoms with Gasteiger partial charge in [-0.3, -0.25) is 4.79 Å². The van der Waals surface area contributed by atoms with Gasteiger partial charge >= 0.3 is 5.97 Å². The average Bonchev–Trinajstić information content (AvgIpc) is 3.06. The first kappa shape index (κ1) is 18.0. The second-order valence-corrected chi connectivity index (χ2v) is 8.07. The number of hydrogen-bond donors (Lipinski definition) is 0. The van der Waals surface area contributed by atoms with Crippen LogP contribution in [0, 0.1) is 6.92 Å². The Balaban J connectivity index is 2.06. The molecule has 1 aliphatic rings. The summed E-state index contributed by atoms with van der Waals surface area (Å²) in [5.74, 6) is 0.231. The van der Waals surface area contributed by atoms with E-state index in [1.165, 1.54) is 41.3 Å². The lowest BCUT2D eigenvalue weighted by atomic mass is 9.89. The first-order valence-electron chi connectivity index (χ1n) is 9.27. The van der Waals surface area contributed by atoms with Crippen LogP contribution in [0.1, 0.15) is 34.4 Å². The number of aromatic nitrogens is 1. The van der Waals surface area contributed by atoms with Gasteiger partial charge < -0.3 is 9.47 Å². The number of ether oxygens (including phenoxy) is 2. The number of rotatable bonds is 4. The highest BCUT2D eigenvalue weighted by molar-refractivity contribution is 7.19. The van der Waals surface area contributed by atoms with Crippen LogP contribution in [-0.2, 0) is 28.8 Å². The minimum atomic E-state index is -0.285. The van der Waals surface area contributed by atoms with E-state index in [4.69, 9.17) is 14.5 Å². The number of pyridine rings is 1. The van der Waals surface area contributed by atoms with E-state index >= 15 is 0 Å². The molecule has 0 bridgehead atoms. The van der Waals surface area contributed by atoms with Gasteiger partial charge in [-0.25, -0.2) is 4.98 Å². The number of benzene rings is 1. The van der Waals surface area contributed by atoms with Gasteiger partial charge in [-0.2, -0.15) is 0 Å². The third-order valence-electron chi connectivity index (χ3n) is 5.25. The normalized spacial score (nSPS) is 13.4. The number of hydrogen-bond acceptors (Lipinski definition) is 5. The van der Waals surface area contributed by atoms with Crippen LogP contribution >= 0.6 is 11.3 Å². The summed E-state index contributed by atoms with van der Waals surface area (Å²) in [6.45, 7) is 2.08. The zero-order valence-electron chi connectivity index (χ0n) is 15.9. The molecule has 0 N–H and O–H groups in total. The van der Waals surface area contributed by atoms with Gasteiger partial charge in [-0.15, -0.1) is 11.3 Å². The maximum atomic E-state index is 12.1. The summed E-state index contributed by atoms with van der Waals surface area (Å²) in [7, 11) is 3.03. The molecule has 0 radical (unpaired) electrons. The maximum Gasteiger partial charge on any atom is 0.310 e. The van der Waals surface area contributed by atoms with Crippen LogP contribution in [0.2, 0.25) is 0 Å². The number of thiophene rings is 1. The number of carbonyl (C=O) groups excluding carboxylic acids is 1. The van der Waals surface area contributed by atoms with Crippen LogP contribution in [-0.4, -0.2) is 25.2 Å². The van der Waals surface area contributed by atoms with Gasteiger partial charge in [-0.1, -0.05) is 29.8 Å². The molecule has 4 rings (SSSR count). The number of esters is 1. The van der Waals surface area contributed by atoms with Gasteiger partial charge in [0.25, 0.3) is 0 Å². The molecule has 1 aliphatic carbocycles. The molecule has 3 aromatic rings. The molecule has 2 heterocycles. The minimum absolute atomic E-state index is 0.149. The molecule has 5 heteroatoms. The predicted octanol–water partition coefficient (Wildman–Crippen LogP) is 4.87. The van der Waals surface area contributed by atoms with Gasteiger partial charge in [0.15, 0.2) is 0 Å². The summed E-state index contributed by atoms with van der Waals surface area (Å²) < 4.78 is 10.6. The molecule has 27 heavy (non-hydrogen) atoms. The molecule has 2 aromatic heterocycles. The van der Waals surface area contributed by atoms with E-state index in [0.29, 0.717) is 5.88 Å². The Kier molecular flexibility index (Phi) is 4.87. The predicted molar refractivity (Wildman–Crippen MR) is 109 cm³/mol. The van der Waals surface area contributed by atoms with Gasteiger partial charge in [0, 0.05) is 21.4 Å². The third-order valence-corrected chi connectivity index (χ3v) is 6.43. The van der Waals surface area contributed by atoms with Crippen molar-refractivity contribution in [2.24, 2.45) is 0 Å². The Bertz CT molecular complexity index is 1000. The highest BCUT2D eigenvalue weighted by Crippen LogP contribution is 2.44. The monoisotopic (exact) mass is 381 g/mol. The fourth-order valence-corrected chi connectivity index (χ4v) is 5.16. The maximum absolute atomic E-state index is 12.1. The minimum Gasteiger partial charge on any atom is -0.481 e. The van der Waals surface area contributed by atoms with Crippen LogP contribution < -0.4 is 4.74 Å². The van der Waals surface area contributed by atoms with E-state index in [1.807, 2.05) is 0 Å². The van der Waals surface area contributed by atoms with E-state index in [9.17, 15) is 4.79 Å². The van der Waals surface area contributed by atoms with E-state index in [0.717, 1.165) is 34.4 Å². The van der Waals surface area contributed by atoms with Crippen LogP contribution in [0.4, 0.5) is 0 Å². The fourth-order valence-electron chi connectivity index (χ4n) is 3.89. The van der Waals surface area contributed by atoms with Crippen LogP contribution in [0.25, 0.3) is 21.3 Å². The zero-order valence-corrected chi connectivity index (χ0v) is 16.7. The fraction of sp³-hybridized carbons (Fsp3) is 0.364. The lowest BCUT2D eigenvalue weighted by Crippen LogP contribution is -2.09. The van der Waals surface area contributed by atoms with E-state index in [-0.39, 0.29) is 12.4 Å². The molecule has 0 saturated heterocycles. The van der Waals surface area contributed by atoms with E-state index < -0.39 is 0 Å². The van der Waals surface area contributed by atoms with Crippen molar-refractivity contribution in [1.29, 1.82) is 0 Å². The van der Waals surface area contributed by atoms with Crippen molar-refractivity contribution in [3.8, 4) is 17.0 Å². The standard InChI is InChI=1S/C22H23NO3S/c1-13-8-10-14(11-9-13)19-16(12-18(24)25-2)21(26-3)23-22-20(19)15-6-4-5-7-17(15)27-22/h8-11H,4-7,12H2,1-3H3. The Labute approximate surface area is 163 Å². The van der Waals surface area contributed by atoms with Crippen molar-refractivity contribution in [1.82, 2.24) is 4.98 Å². The molecule has 0 fully saturated rings. The second-order valence-electron chi connectivity index (χ2n) is 6.98. The van der Waals surface area contributed by atoms with Crippen LogP contribution in [0.15, 0.2) is 24.3 Å². The smallest absolute Gasteiger partial charge is 0.310 e. The first-order chi connectivity index (χ1) is 13.1. The number of nitrogens with zero attached hydrogens (tertiary/aromatic N) is 1. The highest BCUT2D eigenvalue weighted by atomic mass is 32.1. The van der Waals surface area contributed by atoms with Crippen molar-refractivity contribution in [3.05, 3.63) is 45.8 Å². The zero-order chi connectivity index (χ0) is 19.0. The molecule has 0 saturated carbocycles. The van der Waals surface area contributed by atoms with Crippen LogP contribution in [0.3, 0.4) is 0 Å². The van der Waals surface area contributed by atoms with E-state index in [2.05, 4.69) is 31.2 Å². The Morgan fingerprint density at radius 2 is 1.89 bits per heavy atom. The van der Waals surface area contributed by atoms with Crippen molar-refractivity contribution < 1.29 is 14.3 Å². The lowest BCUT2D eigenvalue weighted by molar-refractivity contribution is -0.139. The van der Waals surface area contributed by atoms with Crippen molar-refractivity contribution in [2.75, 3.05) is 14.2 Å². The molecule has 0 atom stereocenters. The van der Waals surface area contributed by atoms with Crippen molar-refractivity contribution in [3.63, 3.8) is 0 Å². The molecular weight excluding hydrogens is 358 g/mol. The number of carbonyl (C=O) groups is 1. The summed E-state index contributed by atoms with van der Waals surface area (Å²) in [4.78, 5) is 19.4. The molecule has 0 aliphatic heterocycles. The quantitative estimate of drug-likeness (QED) is 0.605. The summed E-state index contributed by atoms with van der Waals surface area (Å²) in [5.41, 5.74) is 5.58. The molecule has 4 nitrogen and oxygen atoms in total. The van der Waals surface area contributed by atoms with Gasteiger partial charge in [0.1, 0.15) is 4.83 Å². The van der Waals surface area contributed by atoms with Crippen molar-refractivity contribution >= 4 is 27.5 Å². The second kappa shape index (κ2) is 7.31. The molecule has 0 spiro atoms. The number of fused-ring (bicyclic) bond motifs is 3. The Hall–Kier alpha value is -2.40. The van der Waals surface area contributed by atoms with Gasteiger partial charge in [0.05, 0.1) is 20.6 Å². The molecule has 0 unspecified atom stereocenters. The topological polar surface area (TPSA) is 48.4 Å². The molecule has 1 aromatic carbocycles. The molecular formula is C22H23NO3S. The Morgan fingerprint density at radius 3 is 2.59 bits per heavy atom. The largest absolute Gasteiger partial charge is 0.481 e. The third kappa shape index (κ3) is 3.21. The number of aryl methyl sites for hydroxylation is 3. The van der Waals surface area contributed by atoms with Gasteiger partial charge in [0.2, 0.25) is 5.88 Å². The summed E-state index contributed by atoms with van der Waals surface area (Å²) >= 11 is 1.77. The van der Waals surface area contributed by atoms with Gasteiger partial charge in [-0.05, 0) is 43.7 Å². The molecule has 0 amide bonds. The van der Waals surface area contributed by atoms with E-state index in [1.54, 1.807) is 18.4 Å². The van der Waals surface area contributed by atoms with Crippen LogP contribution in [0.5, 0.6) is 5.88 Å². The molecule has 140 valence electrons. The Morgan fingerprint density at radius 1 is 1.15 bits per heavy atom. The van der Waals surface area contributed by atoms with Crippen molar-refractivity contribution in [2.45, 2.75) is 39.0 Å². The average molecular weight is 381 g/mol. The number of methoxy groups -OCH3 is 2.